The summed E-state index contributed by atoms with van der Waals surface area (Å²) in [6.45, 7) is 12.0. The number of aromatic nitrogens is 1. The summed E-state index contributed by atoms with van der Waals surface area (Å²) in [5, 5.41) is 15.2. The second kappa shape index (κ2) is 12.4. The van der Waals surface area contributed by atoms with Crippen molar-refractivity contribution < 1.29 is 4.52 Å². The Bertz CT molecular complexity index is 667. The normalized spacial score (nSPS) is 12.9. The van der Waals surface area contributed by atoms with Gasteiger partial charge >= 0.3 is 0 Å². The number of hydrogen-bond donors (Lipinski definition) is 2. The molecular formula is C19H32IN5OS. The molecule has 8 heteroatoms. The predicted octanol–water partition coefficient (Wildman–Crippen LogP) is 4.23. The summed E-state index contributed by atoms with van der Waals surface area (Å²) < 4.78 is 5.38. The molecule has 2 aromatic heterocycles. The first-order valence-corrected chi connectivity index (χ1v) is 10.2. The zero-order chi connectivity index (χ0) is 18.9. The standard InChI is InChI=1S/C19H31N5OS.HI/c1-6-24(7-2)18(15-8-9-26-13-15)12-22-19(20-5)21-11-16-10-17(14(3)4)23-25-16;/h8-10,13-14,18H,6-7,11-12H2,1-5H3,(H2,20,21,22);1H. The van der Waals surface area contributed by atoms with Crippen molar-refractivity contribution in [2.45, 2.75) is 46.2 Å². The second-order valence-electron chi connectivity index (χ2n) is 6.47. The van der Waals surface area contributed by atoms with Crippen molar-refractivity contribution in [2.24, 2.45) is 4.99 Å². The van der Waals surface area contributed by atoms with Crippen LogP contribution in [0.1, 0.15) is 56.7 Å². The van der Waals surface area contributed by atoms with Gasteiger partial charge in [-0.2, -0.15) is 11.3 Å². The largest absolute Gasteiger partial charge is 0.359 e. The average Bonchev–Trinajstić information content (AvgIpc) is 3.32. The highest BCUT2D eigenvalue weighted by atomic mass is 127. The van der Waals surface area contributed by atoms with E-state index in [1.807, 2.05) is 6.07 Å². The molecule has 0 saturated carbocycles. The summed E-state index contributed by atoms with van der Waals surface area (Å²) in [4.78, 5) is 6.78. The molecule has 0 fully saturated rings. The van der Waals surface area contributed by atoms with E-state index in [1.165, 1.54) is 5.56 Å². The lowest BCUT2D eigenvalue weighted by atomic mass is 10.1. The number of nitrogens with zero attached hydrogens (tertiary/aromatic N) is 3. The van der Waals surface area contributed by atoms with Gasteiger partial charge in [0, 0.05) is 19.7 Å². The van der Waals surface area contributed by atoms with Crippen molar-refractivity contribution in [3.05, 3.63) is 39.9 Å². The van der Waals surface area contributed by atoms with Crippen molar-refractivity contribution in [1.82, 2.24) is 20.7 Å². The van der Waals surface area contributed by atoms with Gasteiger partial charge in [0.25, 0.3) is 0 Å². The molecule has 0 bridgehead atoms. The third kappa shape index (κ3) is 7.08. The minimum absolute atomic E-state index is 0. The van der Waals surface area contributed by atoms with Gasteiger partial charge in [-0.3, -0.25) is 9.89 Å². The first-order valence-electron chi connectivity index (χ1n) is 9.25. The Kier molecular flexibility index (Phi) is 10.9. The summed E-state index contributed by atoms with van der Waals surface area (Å²) in [7, 11) is 1.78. The average molecular weight is 505 g/mol. The smallest absolute Gasteiger partial charge is 0.191 e. The number of likely N-dealkylation sites (N-methyl/N-ethyl adjacent to an activating group) is 1. The highest BCUT2D eigenvalue weighted by molar-refractivity contribution is 14.0. The van der Waals surface area contributed by atoms with Crippen LogP contribution in [-0.2, 0) is 6.54 Å². The molecule has 2 N–H and O–H groups in total. The van der Waals surface area contributed by atoms with E-state index in [9.17, 15) is 0 Å². The van der Waals surface area contributed by atoms with Gasteiger partial charge in [0.15, 0.2) is 11.7 Å². The van der Waals surface area contributed by atoms with Gasteiger partial charge in [-0.25, -0.2) is 0 Å². The fraction of sp³-hybridized carbons (Fsp3) is 0.579. The molecule has 2 aromatic rings. The van der Waals surface area contributed by atoms with Crippen LogP contribution in [0.5, 0.6) is 0 Å². The van der Waals surface area contributed by atoms with Crippen molar-refractivity contribution in [2.75, 3.05) is 26.7 Å². The maximum Gasteiger partial charge on any atom is 0.191 e. The van der Waals surface area contributed by atoms with E-state index in [1.54, 1.807) is 18.4 Å². The van der Waals surface area contributed by atoms with E-state index >= 15 is 0 Å². The van der Waals surface area contributed by atoms with Crippen LogP contribution in [-0.4, -0.2) is 42.7 Å². The van der Waals surface area contributed by atoms with Crippen LogP contribution in [0.25, 0.3) is 0 Å². The molecule has 0 aliphatic carbocycles. The monoisotopic (exact) mass is 505 g/mol. The van der Waals surface area contributed by atoms with Gasteiger partial charge in [0.1, 0.15) is 0 Å². The topological polar surface area (TPSA) is 65.7 Å². The minimum atomic E-state index is 0. The third-order valence-electron chi connectivity index (χ3n) is 4.47. The van der Waals surface area contributed by atoms with Crippen LogP contribution < -0.4 is 10.6 Å². The van der Waals surface area contributed by atoms with Crippen LogP contribution in [0.4, 0.5) is 0 Å². The van der Waals surface area contributed by atoms with Gasteiger partial charge in [-0.15, -0.1) is 24.0 Å². The molecule has 152 valence electrons. The van der Waals surface area contributed by atoms with E-state index in [4.69, 9.17) is 4.52 Å². The van der Waals surface area contributed by atoms with Crippen molar-refractivity contribution >= 4 is 41.3 Å². The van der Waals surface area contributed by atoms with Crippen molar-refractivity contribution in [3.8, 4) is 0 Å². The van der Waals surface area contributed by atoms with Crippen LogP contribution >= 0.6 is 35.3 Å². The molecule has 27 heavy (non-hydrogen) atoms. The van der Waals surface area contributed by atoms with Crippen LogP contribution in [0.2, 0.25) is 0 Å². The van der Waals surface area contributed by atoms with Crippen molar-refractivity contribution in [3.63, 3.8) is 0 Å². The maximum atomic E-state index is 5.38. The van der Waals surface area contributed by atoms with Crippen molar-refractivity contribution in [1.29, 1.82) is 0 Å². The quantitative estimate of drug-likeness (QED) is 0.304. The summed E-state index contributed by atoms with van der Waals surface area (Å²) in [6, 6.07) is 4.52. The Hall–Kier alpha value is -1.13. The number of nitrogens with one attached hydrogen (secondary N) is 2. The van der Waals surface area contributed by atoms with E-state index in [0.717, 1.165) is 37.0 Å². The van der Waals surface area contributed by atoms with Gasteiger partial charge in [-0.1, -0.05) is 32.9 Å². The zero-order valence-electron chi connectivity index (χ0n) is 16.9. The molecule has 2 heterocycles. The summed E-state index contributed by atoms with van der Waals surface area (Å²) in [6.07, 6.45) is 0. The molecule has 0 radical (unpaired) electrons. The molecule has 2 rings (SSSR count). The number of rotatable bonds is 9. The molecule has 0 aromatic carbocycles. The first kappa shape index (κ1) is 23.9. The fourth-order valence-corrected chi connectivity index (χ4v) is 3.56. The van der Waals surface area contributed by atoms with E-state index in [0.29, 0.717) is 18.5 Å². The molecule has 1 unspecified atom stereocenters. The third-order valence-corrected chi connectivity index (χ3v) is 5.17. The SMILES string of the molecule is CCN(CC)C(CNC(=NC)NCc1cc(C(C)C)no1)c1ccsc1.I. The number of guanidine groups is 1. The molecule has 0 spiro atoms. The molecular weight excluding hydrogens is 473 g/mol. The Labute approximate surface area is 183 Å². The van der Waals surface area contributed by atoms with E-state index < -0.39 is 0 Å². The molecule has 0 amide bonds. The summed E-state index contributed by atoms with van der Waals surface area (Å²) >= 11 is 1.74. The molecule has 6 nitrogen and oxygen atoms in total. The zero-order valence-corrected chi connectivity index (χ0v) is 20.0. The van der Waals surface area contributed by atoms with Crippen LogP contribution in [0.15, 0.2) is 32.4 Å². The lowest BCUT2D eigenvalue weighted by Crippen LogP contribution is -2.42. The predicted molar refractivity (Wildman–Crippen MR) is 124 cm³/mol. The lowest BCUT2D eigenvalue weighted by molar-refractivity contribution is 0.219. The molecule has 1 atom stereocenters. The van der Waals surface area contributed by atoms with Gasteiger partial charge in [0.2, 0.25) is 0 Å². The maximum absolute atomic E-state index is 5.38. The molecule has 0 saturated heterocycles. The Morgan fingerprint density at radius 2 is 2.04 bits per heavy atom. The molecule has 0 aliphatic rings. The number of hydrogen-bond acceptors (Lipinski definition) is 5. The summed E-state index contributed by atoms with van der Waals surface area (Å²) in [5.74, 6) is 1.94. The van der Waals surface area contributed by atoms with Gasteiger partial charge in [-0.05, 0) is 41.4 Å². The van der Waals surface area contributed by atoms with Crippen LogP contribution in [0.3, 0.4) is 0 Å². The van der Waals surface area contributed by atoms with E-state index in [-0.39, 0.29) is 24.0 Å². The van der Waals surface area contributed by atoms with E-state index in [2.05, 4.69) is 70.2 Å². The number of aliphatic imine (C=N–C) groups is 1. The Balaban J connectivity index is 0.00000364. The highest BCUT2D eigenvalue weighted by Crippen LogP contribution is 2.22. The number of thiophene rings is 1. The number of halogens is 1. The highest BCUT2D eigenvalue weighted by Gasteiger charge is 2.18. The Morgan fingerprint density at radius 3 is 2.56 bits per heavy atom. The van der Waals surface area contributed by atoms with Crippen LogP contribution in [0, 0.1) is 0 Å². The fourth-order valence-electron chi connectivity index (χ4n) is 2.86. The molecule has 0 aliphatic heterocycles. The second-order valence-corrected chi connectivity index (χ2v) is 7.25. The first-order chi connectivity index (χ1) is 12.6. The van der Waals surface area contributed by atoms with Gasteiger partial charge < -0.3 is 15.2 Å². The Morgan fingerprint density at radius 1 is 1.30 bits per heavy atom. The lowest BCUT2D eigenvalue weighted by Gasteiger charge is -2.30. The van der Waals surface area contributed by atoms with Gasteiger partial charge in [0.05, 0.1) is 18.3 Å². The summed E-state index contributed by atoms with van der Waals surface area (Å²) in [5.41, 5.74) is 2.32. The minimum Gasteiger partial charge on any atom is -0.359 e.